The number of rotatable bonds is 3. The third-order valence-corrected chi connectivity index (χ3v) is 4.37. The average Bonchev–Trinajstić information content (AvgIpc) is 2.94. The molecule has 1 amide bonds. The number of nitrogens with zero attached hydrogens (tertiary/aromatic N) is 1. The molecular formula is C18H18ClNO2. The number of fused-ring (bicyclic) bond motifs is 1. The summed E-state index contributed by atoms with van der Waals surface area (Å²) >= 11 is 6.01. The molecule has 1 atom stereocenters. The van der Waals surface area contributed by atoms with E-state index in [9.17, 15) is 4.79 Å². The van der Waals surface area contributed by atoms with Crippen molar-refractivity contribution >= 4 is 23.2 Å². The van der Waals surface area contributed by atoms with E-state index in [0.717, 1.165) is 17.7 Å². The largest absolute Gasteiger partial charge is 0.481 e. The number of halogens is 1. The number of para-hydroxylation sites is 1. The number of carbonyl (C=O) groups excluding carboxylic acids is 1. The van der Waals surface area contributed by atoms with Gasteiger partial charge in [0.05, 0.1) is 0 Å². The van der Waals surface area contributed by atoms with Gasteiger partial charge < -0.3 is 9.64 Å². The van der Waals surface area contributed by atoms with E-state index in [1.807, 2.05) is 36.1 Å². The molecule has 3 rings (SSSR count). The Kier molecular flexibility index (Phi) is 4.08. The normalized spacial score (nSPS) is 14.6. The lowest BCUT2D eigenvalue weighted by Gasteiger charge is -2.22. The first-order valence-corrected chi connectivity index (χ1v) is 7.76. The molecule has 2 aromatic carbocycles. The van der Waals surface area contributed by atoms with Crippen molar-refractivity contribution in [1.29, 1.82) is 0 Å². The molecule has 0 bridgehead atoms. The van der Waals surface area contributed by atoms with Crippen LogP contribution in [0.1, 0.15) is 18.1 Å². The van der Waals surface area contributed by atoms with Crippen LogP contribution in [0.4, 0.5) is 5.69 Å². The van der Waals surface area contributed by atoms with Crippen molar-refractivity contribution in [3.05, 3.63) is 58.6 Å². The van der Waals surface area contributed by atoms with Gasteiger partial charge in [-0.05, 0) is 55.7 Å². The lowest BCUT2D eigenvalue weighted by Crippen LogP contribution is -2.39. The molecule has 0 fully saturated rings. The summed E-state index contributed by atoms with van der Waals surface area (Å²) in [5.74, 6) is 0.646. The number of carbonyl (C=O) groups is 1. The van der Waals surface area contributed by atoms with Gasteiger partial charge in [0.2, 0.25) is 0 Å². The third kappa shape index (κ3) is 2.81. The molecule has 1 aliphatic rings. The minimum atomic E-state index is -0.535. The lowest BCUT2D eigenvalue weighted by molar-refractivity contribution is -0.124. The lowest BCUT2D eigenvalue weighted by atomic mass is 10.2. The van der Waals surface area contributed by atoms with Gasteiger partial charge in [0.25, 0.3) is 5.91 Å². The summed E-state index contributed by atoms with van der Waals surface area (Å²) in [6, 6.07) is 13.4. The van der Waals surface area contributed by atoms with Gasteiger partial charge in [0, 0.05) is 17.3 Å². The molecule has 0 spiro atoms. The number of aryl methyl sites for hydroxylation is 1. The summed E-state index contributed by atoms with van der Waals surface area (Å²) < 4.78 is 5.79. The van der Waals surface area contributed by atoms with Crippen LogP contribution in [0.3, 0.4) is 0 Å². The molecule has 3 nitrogen and oxygen atoms in total. The summed E-state index contributed by atoms with van der Waals surface area (Å²) in [6.07, 6.45) is 0.362. The summed E-state index contributed by atoms with van der Waals surface area (Å²) in [5, 5.41) is 0.694. The zero-order chi connectivity index (χ0) is 15.7. The van der Waals surface area contributed by atoms with Crippen LogP contribution in [-0.2, 0) is 11.2 Å². The fourth-order valence-electron chi connectivity index (χ4n) is 2.73. The van der Waals surface area contributed by atoms with Crippen molar-refractivity contribution in [3.8, 4) is 5.75 Å². The zero-order valence-corrected chi connectivity index (χ0v) is 13.4. The number of benzene rings is 2. The molecule has 0 radical (unpaired) electrons. The monoisotopic (exact) mass is 315 g/mol. The Bertz CT molecular complexity index is 714. The second kappa shape index (κ2) is 6.01. The van der Waals surface area contributed by atoms with Crippen molar-refractivity contribution in [1.82, 2.24) is 0 Å². The van der Waals surface area contributed by atoms with Crippen LogP contribution in [0.2, 0.25) is 5.02 Å². The molecule has 1 aliphatic heterocycles. The molecule has 0 aliphatic carbocycles. The number of hydrogen-bond acceptors (Lipinski definition) is 2. The standard InChI is InChI=1S/C18H18ClNO2/c1-12-11-15(7-8-16(12)19)22-13(2)18(21)20-10-9-14-5-3-4-6-17(14)20/h3-8,11,13H,9-10H2,1-2H3/t13-/m0/s1. The Balaban J connectivity index is 1.74. The Morgan fingerprint density at radius 2 is 2.05 bits per heavy atom. The first-order valence-electron chi connectivity index (χ1n) is 7.38. The predicted molar refractivity (Wildman–Crippen MR) is 88.8 cm³/mol. The highest BCUT2D eigenvalue weighted by molar-refractivity contribution is 6.31. The average molecular weight is 316 g/mol. The second-order valence-corrected chi connectivity index (χ2v) is 5.95. The summed E-state index contributed by atoms with van der Waals surface area (Å²) in [5.41, 5.74) is 3.14. The number of amides is 1. The molecule has 22 heavy (non-hydrogen) atoms. The maximum absolute atomic E-state index is 12.6. The van der Waals surface area contributed by atoms with Crippen molar-refractivity contribution in [2.24, 2.45) is 0 Å². The van der Waals surface area contributed by atoms with Crippen LogP contribution in [-0.4, -0.2) is 18.6 Å². The van der Waals surface area contributed by atoms with E-state index in [1.54, 1.807) is 19.1 Å². The number of hydrogen-bond donors (Lipinski definition) is 0. The molecule has 0 saturated heterocycles. The van der Waals surface area contributed by atoms with E-state index in [4.69, 9.17) is 16.3 Å². The summed E-state index contributed by atoms with van der Waals surface area (Å²) in [6.45, 7) is 4.41. The molecule has 4 heteroatoms. The zero-order valence-electron chi connectivity index (χ0n) is 12.7. The maximum atomic E-state index is 12.6. The van der Waals surface area contributed by atoms with Gasteiger partial charge in [-0.1, -0.05) is 29.8 Å². The van der Waals surface area contributed by atoms with Crippen LogP contribution in [0, 0.1) is 6.92 Å². The second-order valence-electron chi connectivity index (χ2n) is 5.54. The minimum Gasteiger partial charge on any atom is -0.481 e. The van der Waals surface area contributed by atoms with Crippen molar-refractivity contribution in [2.75, 3.05) is 11.4 Å². The Labute approximate surface area is 135 Å². The molecule has 2 aromatic rings. The van der Waals surface area contributed by atoms with E-state index >= 15 is 0 Å². The first kappa shape index (κ1) is 14.9. The van der Waals surface area contributed by atoms with Crippen molar-refractivity contribution < 1.29 is 9.53 Å². The van der Waals surface area contributed by atoms with E-state index < -0.39 is 6.10 Å². The van der Waals surface area contributed by atoms with Gasteiger partial charge in [0.15, 0.2) is 6.10 Å². The number of ether oxygens (including phenoxy) is 1. The van der Waals surface area contributed by atoms with Crippen LogP contribution in [0.25, 0.3) is 0 Å². The molecule has 0 aromatic heterocycles. The van der Waals surface area contributed by atoms with Crippen LogP contribution in [0.5, 0.6) is 5.75 Å². The van der Waals surface area contributed by atoms with E-state index in [-0.39, 0.29) is 5.91 Å². The Morgan fingerprint density at radius 3 is 2.82 bits per heavy atom. The molecule has 1 heterocycles. The topological polar surface area (TPSA) is 29.5 Å². The fraction of sp³-hybridized carbons (Fsp3) is 0.278. The smallest absolute Gasteiger partial charge is 0.267 e. The van der Waals surface area contributed by atoms with E-state index in [0.29, 0.717) is 17.3 Å². The molecule has 0 unspecified atom stereocenters. The van der Waals surface area contributed by atoms with Gasteiger partial charge in [-0.2, -0.15) is 0 Å². The highest BCUT2D eigenvalue weighted by atomic mass is 35.5. The fourth-order valence-corrected chi connectivity index (χ4v) is 2.85. The Morgan fingerprint density at radius 1 is 1.27 bits per heavy atom. The van der Waals surface area contributed by atoms with Crippen molar-refractivity contribution in [2.45, 2.75) is 26.4 Å². The number of anilines is 1. The van der Waals surface area contributed by atoms with Gasteiger partial charge in [-0.15, -0.1) is 0 Å². The van der Waals surface area contributed by atoms with Gasteiger partial charge >= 0.3 is 0 Å². The highest BCUT2D eigenvalue weighted by Gasteiger charge is 2.28. The van der Waals surface area contributed by atoms with Gasteiger partial charge in [-0.25, -0.2) is 0 Å². The first-order chi connectivity index (χ1) is 10.6. The van der Waals surface area contributed by atoms with E-state index in [2.05, 4.69) is 6.07 Å². The maximum Gasteiger partial charge on any atom is 0.267 e. The molecule has 0 saturated carbocycles. The SMILES string of the molecule is Cc1cc(O[C@@H](C)C(=O)N2CCc3ccccc32)ccc1Cl. The third-order valence-electron chi connectivity index (χ3n) is 3.94. The predicted octanol–water partition coefficient (Wildman–Crippen LogP) is 4.01. The van der Waals surface area contributed by atoms with Crippen LogP contribution < -0.4 is 9.64 Å². The van der Waals surface area contributed by atoms with Crippen LogP contribution in [0.15, 0.2) is 42.5 Å². The van der Waals surface area contributed by atoms with E-state index in [1.165, 1.54) is 5.56 Å². The summed E-state index contributed by atoms with van der Waals surface area (Å²) in [7, 11) is 0. The van der Waals surface area contributed by atoms with Gasteiger partial charge in [0.1, 0.15) is 5.75 Å². The van der Waals surface area contributed by atoms with Crippen molar-refractivity contribution in [3.63, 3.8) is 0 Å². The minimum absolute atomic E-state index is 0.0162. The van der Waals surface area contributed by atoms with Gasteiger partial charge in [-0.3, -0.25) is 4.79 Å². The summed E-state index contributed by atoms with van der Waals surface area (Å²) in [4.78, 5) is 14.4. The van der Waals surface area contributed by atoms with Crippen LogP contribution >= 0.6 is 11.6 Å². The quantitative estimate of drug-likeness (QED) is 0.856. The Hall–Kier alpha value is -2.00. The molecule has 114 valence electrons. The highest BCUT2D eigenvalue weighted by Crippen LogP contribution is 2.29. The molecule has 0 N–H and O–H groups in total. The molecular weight excluding hydrogens is 298 g/mol.